The topological polar surface area (TPSA) is 35.2 Å². The van der Waals surface area contributed by atoms with Crippen molar-refractivity contribution >= 4 is 11.3 Å². The van der Waals surface area contributed by atoms with Gasteiger partial charge in [-0.25, -0.2) is 0 Å². The molecule has 68 valence electrons. The molecule has 1 aromatic rings. The third-order valence-corrected chi connectivity index (χ3v) is 2.51. The zero-order valence-corrected chi connectivity index (χ0v) is 8.14. The molecule has 0 aromatic carbocycles. The van der Waals surface area contributed by atoms with Crippen molar-refractivity contribution in [3.8, 4) is 0 Å². The lowest BCUT2D eigenvalue weighted by atomic mass is 10.3. The third kappa shape index (κ3) is 3.34. The fourth-order valence-electron chi connectivity index (χ4n) is 0.937. The molecule has 1 unspecified atom stereocenters. The quantitative estimate of drug-likeness (QED) is 0.761. The van der Waals surface area contributed by atoms with Crippen molar-refractivity contribution in [3.05, 3.63) is 22.4 Å². The maximum Gasteiger partial charge on any atom is 0.0812 e. The predicted octanol–water partition coefficient (Wildman–Crippen LogP) is 2.00. The average Bonchev–Trinajstić information content (AvgIpc) is 2.53. The minimum absolute atomic E-state index is 0.275. The van der Waals surface area contributed by atoms with E-state index in [1.54, 1.807) is 11.3 Å². The van der Waals surface area contributed by atoms with Crippen LogP contribution in [0, 0.1) is 0 Å². The molecular formula is C9H15NOS. The van der Waals surface area contributed by atoms with Gasteiger partial charge in [0.2, 0.25) is 0 Å². The Morgan fingerprint density at radius 3 is 3.08 bits per heavy atom. The molecular weight excluding hydrogens is 170 g/mol. The summed E-state index contributed by atoms with van der Waals surface area (Å²) in [4.78, 5) is 1.28. The van der Waals surface area contributed by atoms with Gasteiger partial charge >= 0.3 is 0 Å². The Balaban J connectivity index is 2.17. The van der Waals surface area contributed by atoms with Crippen LogP contribution >= 0.6 is 11.3 Å². The molecule has 0 saturated carbocycles. The van der Waals surface area contributed by atoms with Gasteiger partial charge in [0.05, 0.1) is 12.7 Å². The van der Waals surface area contributed by atoms with Crippen LogP contribution in [0.1, 0.15) is 18.2 Å². The number of nitrogens with two attached hydrogens (primary N) is 1. The molecule has 0 fully saturated rings. The maximum atomic E-state index is 5.56. The minimum atomic E-state index is 0.275. The summed E-state index contributed by atoms with van der Waals surface area (Å²) < 4.78 is 5.56. The highest BCUT2D eigenvalue weighted by Gasteiger charge is 2.00. The Morgan fingerprint density at radius 2 is 2.50 bits per heavy atom. The van der Waals surface area contributed by atoms with Crippen molar-refractivity contribution in [2.45, 2.75) is 26.1 Å². The van der Waals surface area contributed by atoms with Gasteiger partial charge in [0.15, 0.2) is 0 Å². The monoisotopic (exact) mass is 185 g/mol. The fraction of sp³-hybridized carbons (Fsp3) is 0.556. The van der Waals surface area contributed by atoms with E-state index in [4.69, 9.17) is 10.5 Å². The lowest BCUT2D eigenvalue weighted by Crippen LogP contribution is -2.13. The van der Waals surface area contributed by atoms with Crippen molar-refractivity contribution in [2.24, 2.45) is 5.73 Å². The van der Waals surface area contributed by atoms with Crippen molar-refractivity contribution < 1.29 is 4.74 Å². The van der Waals surface area contributed by atoms with Crippen LogP contribution < -0.4 is 5.73 Å². The molecule has 0 aliphatic heterocycles. The van der Waals surface area contributed by atoms with Gasteiger partial charge in [-0.2, -0.15) is 0 Å². The molecule has 1 atom stereocenters. The molecule has 1 rings (SSSR count). The number of hydrogen-bond donors (Lipinski definition) is 1. The Hall–Kier alpha value is -0.380. The van der Waals surface area contributed by atoms with Crippen LogP contribution in [0.25, 0.3) is 0 Å². The van der Waals surface area contributed by atoms with E-state index in [0.717, 1.165) is 13.0 Å². The molecule has 0 aliphatic carbocycles. The Labute approximate surface area is 77.3 Å². The van der Waals surface area contributed by atoms with Gasteiger partial charge in [-0.3, -0.25) is 0 Å². The molecule has 1 heterocycles. The zero-order chi connectivity index (χ0) is 8.81. The van der Waals surface area contributed by atoms with Crippen molar-refractivity contribution in [3.63, 3.8) is 0 Å². The first-order chi connectivity index (χ1) is 5.83. The average molecular weight is 185 g/mol. The number of thiophene rings is 1. The Kier molecular flexibility index (Phi) is 4.29. The molecule has 3 heteroatoms. The molecule has 1 aromatic heterocycles. The van der Waals surface area contributed by atoms with E-state index in [1.165, 1.54) is 4.88 Å². The van der Waals surface area contributed by atoms with Gasteiger partial charge < -0.3 is 10.5 Å². The smallest absolute Gasteiger partial charge is 0.0812 e. The second-order valence-corrected chi connectivity index (χ2v) is 3.81. The van der Waals surface area contributed by atoms with E-state index in [1.807, 2.05) is 6.07 Å². The number of rotatable bonds is 5. The van der Waals surface area contributed by atoms with E-state index < -0.39 is 0 Å². The molecule has 0 radical (unpaired) electrons. The van der Waals surface area contributed by atoms with E-state index in [2.05, 4.69) is 18.4 Å². The van der Waals surface area contributed by atoms with Crippen molar-refractivity contribution in [1.29, 1.82) is 0 Å². The predicted molar refractivity (Wildman–Crippen MR) is 52.2 cm³/mol. The SMILES string of the molecule is CC(CCN)OCc1cccs1. The van der Waals surface area contributed by atoms with Gasteiger partial charge in [0.1, 0.15) is 0 Å². The summed E-state index contributed by atoms with van der Waals surface area (Å²) in [6.07, 6.45) is 1.21. The second kappa shape index (κ2) is 5.30. The van der Waals surface area contributed by atoms with Crippen LogP contribution in [0.5, 0.6) is 0 Å². The summed E-state index contributed by atoms with van der Waals surface area (Å²) in [5, 5.41) is 2.06. The van der Waals surface area contributed by atoms with Crippen LogP contribution in [-0.2, 0) is 11.3 Å². The normalized spacial score (nSPS) is 13.2. The Morgan fingerprint density at radius 1 is 1.67 bits per heavy atom. The van der Waals surface area contributed by atoms with Crippen LogP contribution in [0.4, 0.5) is 0 Å². The maximum absolute atomic E-state index is 5.56. The van der Waals surface area contributed by atoms with E-state index in [9.17, 15) is 0 Å². The third-order valence-electron chi connectivity index (χ3n) is 1.66. The first kappa shape index (κ1) is 9.71. The number of ether oxygens (including phenoxy) is 1. The van der Waals surface area contributed by atoms with E-state index in [0.29, 0.717) is 6.54 Å². The Bertz CT molecular complexity index is 198. The minimum Gasteiger partial charge on any atom is -0.373 e. The van der Waals surface area contributed by atoms with Gasteiger partial charge in [-0.1, -0.05) is 6.07 Å². The summed E-state index contributed by atoms with van der Waals surface area (Å²) >= 11 is 1.73. The first-order valence-electron chi connectivity index (χ1n) is 4.17. The van der Waals surface area contributed by atoms with Gasteiger partial charge in [0.25, 0.3) is 0 Å². The van der Waals surface area contributed by atoms with Crippen LogP contribution in [-0.4, -0.2) is 12.6 Å². The van der Waals surface area contributed by atoms with Crippen LogP contribution in [0.15, 0.2) is 17.5 Å². The van der Waals surface area contributed by atoms with Crippen molar-refractivity contribution in [1.82, 2.24) is 0 Å². The second-order valence-electron chi connectivity index (χ2n) is 2.78. The first-order valence-corrected chi connectivity index (χ1v) is 5.05. The molecule has 2 N–H and O–H groups in total. The standard InChI is InChI=1S/C9H15NOS/c1-8(4-5-10)11-7-9-3-2-6-12-9/h2-3,6,8H,4-5,7,10H2,1H3. The molecule has 12 heavy (non-hydrogen) atoms. The van der Waals surface area contributed by atoms with Crippen molar-refractivity contribution in [2.75, 3.05) is 6.54 Å². The van der Waals surface area contributed by atoms with Crippen LogP contribution in [0.3, 0.4) is 0 Å². The highest BCUT2D eigenvalue weighted by Crippen LogP contribution is 2.11. The molecule has 0 amide bonds. The lowest BCUT2D eigenvalue weighted by Gasteiger charge is -2.10. The fourth-order valence-corrected chi connectivity index (χ4v) is 1.56. The number of hydrogen-bond acceptors (Lipinski definition) is 3. The zero-order valence-electron chi connectivity index (χ0n) is 7.32. The highest BCUT2D eigenvalue weighted by atomic mass is 32.1. The molecule has 0 aliphatic rings. The largest absolute Gasteiger partial charge is 0.373 e. The van der Waals surface area contributed by atoms with Crippen LogP contribution in [0.2, 0.25) is 0 Å². The summed E-state index contributed by atoms with van der Waals surface area (Å²) in [7, 11) is 0. The molecule has 0 saturated heterocycles. The highest BCUT2D eigenvalue weighted by molar-refractivity contribution is 7.09. The van der Waals surface area contributed by atoms with Gasteiger partial charge in [-0.15, -0.1) is 11.3 Å². The summed E-state index contributed by atoms with van der Waals surface area (Å²) in [6.45, 7) is 3.48. The van der Waals surface area contributed by atoms with Gasteiger partial charge in [-0.05, 0) is 31.3 Å². The van der Waals surface area contributed by atoms with Gasteiger partial charge in [0, 0.05) is 4.88 Å². The molecule has 0 bridgehead atoms. The van der Waals surface area contributed by atoms with E-state index >= 15 is 0 Å². The summed E-state index contributed by atoms with van der Waals surface area (Å²) in [6, 6.07) is 4.12. The lowest BCUT2D eigenvalue weighted by molar-refractivity contribution is 0.0509. The summed E-state index contributed by atoms with van der Waals surface area (Å²) in [5.41, 5.74) is 5.40. The van der Waals surface area contributed by atoms with E-state index in [-0.39, 0.29) is 6.10 Å². The summed E-state index contributed by atoms with van der Waals surface area (Å²) in [5.74, 6) is 0. The molecule has 0 spiro atoms. The molecule has 2 nitrogen and oxygen atoms in total.